The van der Waals surface area contributed by atoms with Crippen molar-refractivity contribution in [1.82, 2.24) is 10.2 Å². The third-order valence-corrected chi connectivity index (χ3v) is 4.08. The predicted molar refractivity (Wildman–Crippen MR) is 91.2 cm³/mol. The molecule has 1 aliphatic heterocycles. The van der Waals surface area contributed by atoms with Gasteiger partial charge < -0.3 is 19.5 Å². The normalized spacial score (nSPS) is 16.4. The predicted octanol–water partition coefficient (Wildman–Crippen LogP) is 2.74. The van der Waals surface area contributed by atoms with Crippen molar-refractivity contribution < 1.29 is 23.0 Å². The van der Waals surface area contributed by atoms with E-state index in [9.17, 15) is 8.78 Å². The minimum atomic E-state index is -2.41. The number of halogens is 3. The molecule has 1 aromatic carbocycles. The smallest absolute Gasteiger partial charge is 0.240 e. The van der Waals surface area contributed by atoms with Crippen molar-refractivity contribution in [3.8, 4) is 17.2 Å². The lowest BCUT2D eigenvalue weighted by Gasteiger charge is -2.36. The summed E-state index contributed by atoms with van der Waals surface area (Å²) in [7, 11) is 4.59. The summed E-state index contributed by atoms with van der Waals surface area (Å²) in [6, 6.07) is 2.95. The fourth-order valence-electron chi connectivity index (χ4n) is 2.97. The standard InChI is InChI=1S/C16H24F2N2O3.ClH/c1-21-11-8-13(22-2)16(14(9-11)23-3)12(10-15(17)18)20-6-4-19-5-7-20;/h8-9,12,15,19H,4-7,10H2,1-3H3;1H/t12-;/m0./s1. The summed E-state index contributed by atoms with van der Waals surface area (Å²) in [5.41, 5.74) is 0.651. The van der Waals surface area contributed by atoms with Crippen LogP contribution in [-0.4, -0.2) is 58.8 Å². The van der Waals surface area contributed by atoms with E-state index >= 15 is 0 Å². The Hall–Kier alpha value is -1.31. The zero-order valence-corrected chi connectivity index (χ0v) is 15.0. The van der Waals surface area contributed by atoms with Crippen molar-refractivity contribution in [3.05, 3.63) is 17.7 Å². The van der Waals surface area contributed by atoms with Crippen LogP contribution in [0.15, 0.2) is 12.1 Å². The van der Waals surface area contributed by atoms with E-state index in [1.807, 2.05) is 0 Å². The third kappa shape index (κ3) is 4.84. The SMILES string of the molecule is COc1cc(OC)c([C@H](CC(F)F)N2CCNCC2)c(OC)c1.Cl. The lowest BCUT2D eigenvalue weighted by molar-refractivity contribution is 0.0718. The van der Waals surface area contributed by atoms with Crippen LogP contribution in [0.1, 0.15) is 18.0 Å². The zero-order chi connectivity index (χ0) is 16.8. The fourth-order valence-corrected chi connectivity index (χ4v) is 2.97. The summed E-state index contributed by atoms with van der Waals surface area (Å²) >= 11 is 0. The maximum atomic E-state index is 13.2. The molecule has 0 aliphatic carbocycles. The number of hydrogen-bond donors (Lipinski definition) is 1. The first-order valence-corrected chi connectivity index (χ1v) is 7.63. The molecule has 0 saturated carbocycles. The minimum absolute atomic E-state index is 0. The van der Waals surface area contributed by atoms with Crippen LogP contribution in [0.5, 0.6) is 17.2 Å². The first-order chi connectivity index (χ1) is 11.1. The van der Waals surface area contributed by atoms with Crippen LogP contribution >= 0.6 is 12.4 Å². The molecular formula is C16H25ClF2N2O3. The van der Waals surface area contributed by atoms with Crippen LogP contribution in [-0.2, 0) is 0 Å². The Morgan fingerprint density at radius 2 is 1.58 bits per heavy atom. The number of rotatable bonds is 7. The molecule has 0 aromatic heterocycles. The lowest BCUT2D eigenvalue weighted by Crippen LogP contribution is -2.45. The molecule has 1 atom stereocenters. The second-order valence-corrected chi connectivity index (χ2v) is 5.37. The lowest BCUT2D eigenvalue weighted by atomic mass is 9.98. The van der Waals surface area contributed by atoms with E-state index in [0.29, 0.717) is 35.9 Å². The summed E-state index contributed by atoms with van der Waals surface area (Å²) < 4.78 is 42.5. The van der Waals surface area contributed by atoms with Gasteiger partial charge in [-0.3, -0.25) is 4.90 Å². The van der Waals surface area contributed by atoms with E-state index in [1.54, 1.807) is 19.2 Å². The Kier molecular flexibility index (Phi) is 8.52. The van der Waals surface area contributed by atoms with Crippen molar-refractivity contribution in [2.45, 2.75) is 18.9 Å². The van der Waals surface area contributed by atoms with E-state index in [-0.39, 0.29) is 18.8 Å². The van der Waals surface area contributed by atoms with Gasteiger partial charge >= 0.3 is 0 Å². The number of nitrogens with one attached hydrogen (secondary N) is 1. The molecule has 1 aliphatic rings. The molecule has 0 spiro atoms. The summed E-state index contributed by atoms with van der Waals surface area (Å²) in [4.78, 5) is 2.05. The molecule has 1 saturated heterocycles. The van der Waals surface area contributed by atoms with E-state index in [4.69, 9.17) is 14.2 Å². The van der Waals surface area contributed by atoms with Crippen LogP contribution in [0.4, 0.5) is 8.78 Å². The Morgan fingerprint density at radius 1 is 1.04 bits per heavy atom. The number of piperazine rings is 1. The molecule has 1 fully saturated rings. The highest BCUT2D eigenvalue weighted by molar-refractivity contribution is 5.85. The van der Waals surface area contributed by atoms with Crippen molar-refractivity contribution in [1.29, 1.82) is 0 Å². The number of ether oxygens (including phenoxy) is 3. The van der Waals surface area contributed by atoms with E-state index in [1.165, 1.54) is 14.2 Å². The largest absolute Gasteiger partial charge is 0.496 e. The summed E-state index contributed by atoms with van der Waals surface area (Å²) in [6.07, 6.45) is -2.68. The summed E-state index contributed by atoms with van der Waals surface area (Å²) in [6.45, 7) is 2.96. The monoisotopic (exact) mass is 366 g/mol. The molecular weight excluding hydrogens is 342 g/mol. The highest BCUT2D eigenvalue weighted by Crippen LogP contribution is 2.42. The Morgan fingerprint density at radius 3 is 2.00 bits per heavy atom. The highest BCUT2D eigenvalue weighted by Gasteiger charge is 2.31. The van der Waals surface area contributed by atoms with Gasteiger partial charge in [0.05, 0.1) is 26.9 Å². The van der Waals surface area contributed by atoms with Gasteiger partial charge in [0.2, 0.25) is 6.43 Å². The van der Waals surface area contributed by atoms with Gasteiger partial charge in [-0.1, -0.05) is 0 Å². The van der Waals surface area contributed by atoms with Crippen molar-refractivity contribution in [2.75, 3.05) is 47.5 Å². The first-order valence-electron chi connectivity index (χ1n) is 7.63. The second-order valence-electron chi connectivity index (χ2n) is 5.37. The number of hydrogen-bond acceptors (Lipinski definition) is 5. The molecule has 1 aromatic rings. The summed E-state index contributed by atoms with van der Waals surface area (Å²) in [5.74, 6) is 1.58. The maximum Gasteiger partial charge on any atom is 0.240 e. The minimum Gasteiger partial charge on any atom is -0.496 e. The van der Waals surface area contributed by atoms with Crippen LogP contribution in [0.25, 0.3) is 0 Å². The molecule has 1 N–H and O–H groups in total. The van der Waals surface area contributed by atoms with Crippen molar-refractivity contribution in [2.24, 2.45) is 0 Å². The van der Waals surface area contributed by atoms with Gasteiger partial charge in [0.1, 0.15) is 17.2 Å². The van der Waals surface area contributed by atoms with Crippen LogP contribution in [0.2, 0.25) is 0 Å². The van der Waals surface area contributed by atoms with Gasteiger partial charge in [-0.05, 0) is 0 Å². The molecule has 0 unspecified atom stereocenters. The number of nitrogens with zero attached hydrogens (tertiary/aromatic N) is 1. The second kappa shape index (κ2) is 9.86. The van der Waals surface area contributed by atoms with Gasteiger partial charge in [-0.25, -0.2) is 8.78 Å². The van der Waals surface area contributed by atoms with Crippen molar-refractivity contribution >= 4 is 12.4 Å². The third-order valence-electron chi connectivity index (χ3n) is 4.08. The number of methoxy groups -OCH3 is 3. The van der Waals surface area contributed by atoms with Gasteiger partial charge in [-0.15, -0.1) is 12.4 Å². The fraction of sp³-hybridized carbons (Fsp3) is 0.625. The highest BCUT2D eigenvalue weighted by atomic mass is 35.5. The number of benzene rings is 1. The Balaban J connectivity index is 0.00000288. The molecule has 8 heteroatoms. The molecule has 1 heterocycles. The quantitative estimate of drug-likeness (QED) is 0.803. The van der Waals surface area contributed by atoms with Crippen molar-refractivity contribution in [3.63, 3.8) is 0 Å². The van der Waals surface area contributed by atoms with Gasteiger partial charge in [-0.2, -0.15) is 0 Å². The van der Waals surface area contributed by atoms with Gasteiger partial charge in [0, 0.05) is 50.8 Å². The van der Waals surface area contributed by atoms with Gasteiger partial charge in [0.25, 0.3) is 0 Å². The molecule has 0 radical (unpaired) electrons. The number of alkyl halides is 2. The molecule has 2 rings (SSSR count). The Bertz CT molecular complexity index is 489. The molecule has 0 amide bonds. The molecule has 0 bridgehead atoms. The topological polar surface area (TPSA) is 43.0 Å². The zero-order valence-electron chi connectivity index (χ0n) is 14.2. The molecule has 5 nitrogen and oxygen atoms in total. The maximum absolute atomic E-state index is 13.2. The van der Waals surface area contributed by atoms with E-state index in [2.05, 4.69) is 10.2 Å². The first kappa shape index (κ1) is 20.7. The average Bonchev–Trinajstić information content (AvgIpc) is 2.59. The summed E-state index contributed by atoms with van der Waals surface area (Å²) in [5, 5.41) is 3.24. The average molecular weight is 367 g/mol. The van der Waals surface area contributed by atoms with Gasteiger partial charge in [0.15, 0.2) is 0 Å². The Labute approximate surface area is 147 Å². The van der Waals surface area contributed by atoms with E-state index < -0.39 is 12.5 Å². The van der Waals surface area contributed by atoms with Crippen LogP contribution < -0.4 is 19.5 Å². The van der Waals surface area contributed by atoms with Crippen LogP contribution in [0, 0.1) is 0 Å². The molecule has 138 valence electrons. The van der Waals surface area contributed by atoms with E-state index in [0.717, 1.165) is 13.1 Å². The van der Waals surface area contributed by atoms with Crippen LogP contribution in [0.3, 0.4) is 0 Å². The molecule has 24 heavy (non-hydrogen) atoms.